The zero-order valence-electron chi connectivity index (χ0n) is 5.94. The number of carbonyl (C=O) groups is 4. The first-order valence-corrected chi connectivity index (χ1v) is 2.80. The van der Waals surface area contributed by atoms with E-state index in [1.807, 2.05) is 0 Å². The molecule has 0 saturated heterocycles. The highest BCUT2D eigenvalue weighted by molar-refractivity contribution is 6.44. The van der Waals surface area contributed by atoms with Gasteiger partial charge in [0.2, 0.25) is 11.6 Å². The Labute approximate surface area is 67.2 Å². The largest absolute Gasteiger partial charge is 0.363 e. The van der Waals surface area contributed by atoms with Crippen LogP contribution in [-0.2, 0) is 19.2 Å². The molecule has 0 aromatic rings. The van der Waals surface area contributed by atoms with Crippen LogP contribution in [0, 0.1) is 0 Å². The molecule has 0 aliphatic carbocycles. The topological polar surface area (TPSA) is 120 Å². The Kier molecular flexibility index (Phi) is 3.35. The Morgan fingerprint density at radius 1 is 0.750 bits per heavy atom. The van der Waals surface area contributed by atoms with Gasteiger partial charge in [-0.3, -0.25) is 19.2 Å². The Bertz CT molecular complexity index is 251. The molecule has 0 radical (unpaired) electrons. The number of rotatable bonds is 4. The molecule has 0 atom stereocenters. The molecular weight excluding hydrogens is 164 g/mol. The predicted octanol–water partition coefficient (Wildman–Crippen LogP) is -2.35. The van der Waals surface area contributed by atoms with Crippen LogP contribution < -0.4 is 11.5 Å². The first kappa shape index (κ1) is 10.0. The number of ketones is 2. The molecule has 6 nitrogen and oxygen atoms in total. The molecule has 2 amide bonds. The van der Waals surface area contributed by atoms with Gasteiger partial charge in [0.25, 0.3) is 11.8 Å². The van der Waals surface area contributed by atoms with Gasteiger partial charge in [0.15, 0.2) is 0 Å². The fourth-order valence-corrected chi connectivity index (χ4v) is 0.316. The van der Waals surface area contributed by atoms with E-state index in [1.54, 1.807) is 0 Å². The van der Waals surface area contributed by atoms with Gasteiger partial charge >= 0.3 is 0 Å². The molecule has 4 N–H and O–H groups in total. The first-order valence-electron chi connectivity index (χ1n) is 2.80. The number of amides is 2. The van der Waals surface area contributed by atoms with Gasteiger partial charge in [0, 0.05) is 0 Å². The molecule has 12 heavy (non-hydrogen) atoms. The van der Waals surface area contributed by atoms with Gasteiger partial charge in [-0.2, -0.15) is 0 Å². The molecule has 0 bridgehead atoms. The maximum Gasteiger partial charge on any atom is 0.289 e. The summed E-state index contributed by atoms with van der Waals surface area (Å²) in [6.07, 6.45) is 1.19. The highest BCUT2D eigenvalue weighted by atomic mass is 16.2. The minimum absolute atomic E-state index is 0.593. The van der Waals surface area contributed by atoms with E-state index in [4.69, 9.17) is 0 Å². The van der Waals surface area contributed by atoms with Crippen LogP contribution in [0.2, 0.25) is 0 Å². The normalized spacial score (nSPS) is 9.67. The van der Waals surface area contributed by atoms with Gasteiger partial charge in [0.05, 0.1) is 0 Å². The lowest BCUT2D eigenvalue weighted by atomic mass is 10.3. The van der Waals surface area contributed by atoms with Crippen LogP contribution in [0.1, 0.15) is 0 Å². The van der Waals surface area contributed by atoms with Crippen molar-refractivity contribution in [1.82, 2.24) is 0 Å². The fourth-order valence-electron chi connectivity index (χ4n) is 0.316. The van der Waals surface area contributed by atoms with E-state index in [1.165, 1.54) is 0 Å². The summed E-state index contributed by atoms with van der Waals surface area (Å²) < 4.78 is 0. The molecule has 0 heterocycles. The van der Waals surface area contributed by atoms with E-state index in [2.05, 4.69) is 11.5 Å². The van der Waals surface area contributed by atoms with E-state index in [0.717, 1.165) is 0 Å². The number of carbonyl (C=O) groups excluding carboxylic acids is 4. The van der Waals surface area contributed by atoms with E-state index < -0.39 is 23.4 Å². The molecule has 0 spiro atoms. The van der Waals surface area contributed by atoms with Crippen molar-refractivity contribution in [3.05, 3.63) is 12.2 Å². The van der Waals surface area contributed by atoms with Crippen molar-refractivity contribution in [3.8, 4) is 0 Å². The van der Waals surface area contributed by atoms with Gasteiger partial charge < -0.3 is 11.5 Å². The predicted molar refractivity (Wildman–Crippen MR) is 37.5 cm³/mol. The standard InChI is InChI=1S/C6H6N2O4/c7-5(11)3(9)1-2-4(10)6(8)12/h1-2H,(H2,7,11)(H2,8,12)/b2-1-. The lowest BCUT2D eigenvalue weighted by Gasteiger charge is -1.84. The van der Waals surface area contributed by atoms with Crippen LogP contribution in [0.4, 0.5) is 0 Å². The van der Waals surface area contributed by atoms with E-state index >= 15 is 0 Å². The van der Waals surface area contributed by atoms with Crippen molar-refractivity contribution in [3.63, 3.8) is 0 Å². The minimum Gasteiger partial charge on any atom is -0.363 e. The van der Waals surface area contributed by atoms with Crippen LogP contribution in [0.5, 0.6) is 0 Å². The summed E-state index contributed by atoms with van der Waals surface area (Å²) in [5.41, 5.74) is 9.06. The average molecular weight is 170 g/mol. The molecule has 0 aliphatic heterocycles. The van der Waals surface area contributed by atoms with Crippen molar-refractivity contribution in [2.45, 2.75) is 0 Å². The van der Waals surface area contributed by atoms with E-state index in [9.17, 15) is 19.2 Å². The summed E-state index contributed by atoms with van der Waals surface area (Å²) in [5.74, 6) is -4.54. The Morgan fingerprint density at radius 2 is 1.00 bits per heavy atom. The SMILES string of the molecule is NC(=O)C(=O)/C=C\C(=O)C(N)=O. The van der Waals surface area contributed by atoms with Gasteiger partial charge in [-0.05, 0) is 12.2 Å². The summed E-state index contributed by atoms with van der Waals surface area (Å²) in [6, 6.07) is 0. The highest BCUT2D eigenvalue weighted by Gasteiger charge is 2.07. The third kappa shape index (κ3) is 3.25. The molecule has 6 heteroatoms. The second kappa shape index (κ2) is 4.02. The maximum absolute atomic E-state index is 10.4. The van der Waals surface area contributed by atoms with Crippen molar-refractivity contribution in [2.24, 2.45) is 11.5 Å². The van der Waals surface area contributed by atoms with Crippen molar-refractivity contribution >= 4 is 23.4 Å². The van der Waals surface area contributed by atoms with E-state index in [-0.39, 0.29) is 0 Å². The second-order valence-electron chi connectivity index (χ2n) is 1.79. The molecule has 0 aromatic heterocycles. The quantitative estimate of drug-likeness (QED) is 0.362. The van der Waals surface area contributed by atoms with Gasteiger partial charge in [-0.15, -0.1) is 0 Å². The first-order chi connectivity index (χ1) is 5.45. The molecule has 0 rings (SSSR count). The Balaban J connectivity index is 4.26. The van der Waals surface area contributed by atoms with E-state index in [0.29, 0.717) is 12.2 Å². The van der Waals surface area contributed by atoms with Crippen molar-refractivity contribution in [1.29, 1.82) is 0 Å². The zero-order valence-corrected chi connectivity index (χ0v) is 5.94. The third-order valence-corrected chi connectivity index (χ3v) is 0.872. The number of nitrogens with two attached hydrogens (primary N) is 2. The van der Waals surface area contributed by atoms with Gasteiger partial charge in [0.1, 0.15) is 0 Å². The second-order valence-corrected chi connectivity index (χ2v) is 1.79. The van der Waals surface area contributed by atoms with Gasteiger partial charge in [-0.1, -0.05) is 0 Å². The molecule has 0 aromatic carbocycles. The van der Waals surface area contributed by atoms with Crippen LogP contribution in [0.3, 0.4) is 0 Å². The van der Waals surface area contributed by atoms with Crippen LogP contribution >= 0.6 is 0 Å². The number of primary amides is 2. The summed E-state index contributed by atoms with van der Waals surface area (Å²) >= 11 is 0. The monoisotopic (exact) mass is 170 g/mol. The molecule has 0 aliphatic rings. The third-order valence-electron chi connectivity index (χ3n) is 0.872. The smallest absolute Gasteiger partial charge is 0.289 e. The van der Waals surface area contributed by atoms with Crippen LogP contribution in [-0.4, -0.2) is 23.4 Å². The lowest BCUT2D eigenvalue weighted by Crippen LogP contribution is -2.23. The zero-order chi connectivity index (χ0) is 9.72. The van der Waals surface area contributed by atoms with Gasteiger partial charge in [-0.25, -0.2) is 0 Å². The molecule has 0 saturated carbocycles. The lowest BCUT2D eigenvalue weighted by molar-refractivity contribution is -0.134. The number of hydrogen-bond acceptors (Lipinski definition) is 4. The molecule has 64 valence electrons. The molecular formula is C6H6N2O4. The minimum atomic E-state index is -1.21. The number of hydrogen-bond donors (Lipinski definition) is 2. The fraction of sp³-hybridized carbons (Fsp3) is 0. The summed E-state index contributed by atoms with van der Waals surface area (Å²) in [5, 5.41) is 0. The molecule has 0 unspecified atom stereocenters. The maximum atomic E-state index is 10.4. The summed E-state index contributed by atoms with van der Waals surface area (Å²) in [6.45, 7) is 0. The van der Waals surface area contributed by atoms with Crippen LogP contribution in [0.15, 0.2) is 12.2 Å². The summed E-state index contributed by atoms with van der Waals surface area (Å²) in [7, 11) is 0. The van der Waals surface area contributed by atoms with Crippen molar-refractivity contribution < 1.29 is 19.2 Å². The summed E-state index contributed by atoms with van der Waals surface area (Å²) in [4.78, 5) is 41.0. The average Bonchev–Trinajstić information content (AvgIpc) is 1.98. The van der Waals surface area contributed by atoms with Crippen LogP contribution in [0.25, 0.3) is 0 Å². The highest BCUT2D eigenvalue weighted by Crippen LogP contribution is 1.78. The van der Waals surface area contributed by atoms with Crippen molar-refractivity contribution in [2.75, 3.05) is 0 Å². The Hall–Kier alpha value is -1.98. The Morgan fingerprint density at radius 3 is 1.17 bits per heavy atom. The molecule has 0 fully saturated rings.